The Hall–Kier alpha value is -1.42. The lowest BCUT2D eigenvalue weighted by molar-refractivity contribution is 0.101. The average Bonchev–Trinajstić information content (AvgIpc) is 2.15. The van der Waals surface area contributed by atoms with E-state index in [9.17, 15) is 9.18 Å². The third kappa shape index (κ3) is 3.32. The number of rotatable bonds is 4. The second kappa shape index (κ2) is 4.89. The zero-order valence-electron chi connectivity index (χ0n) is 8.66. The first-order valence-corrected chi connectivity index (χ1v) is 4.62. The normalized spacial score (nSPS) is 12.3. The van der Waals surface area contributed by atoms with Gasteiger partial charge in [-0.05, 0) is 32.0 Å². The summed E-state index contributed by atoms with van der Waals surface area (Å²) in [6, 6.07) is 4.00. The second-order valence-electron chi connectivity index (χ2n) is 3.36. The van der Waals surface area contributed by atoms with E-state index in [4.69, 9.17) is 9.84 Å². The van der Waals surface area contributed by atoms with Crippen LogP contribution in [0.25, 0.3) is 0 Å². The molecular formula is C11H13FO3. The van der Waals surface area contributed by atoms with Crippen molar-refractivity contribution in [1.29, 1.82) is 0 Å². The molecule has 4 heteroatoms. The van der Waals surface area contributed by atoms with Crippen LogP contribution in [0.3, 0.4) is 0 Å². The van der Waals surface area contributed by atoms with E-state index in [1.165, 1.54) is 19.1 Å². The Balaban J connectivity index is 2.79. The highest BCUT2D eigenvalue weighted by molar-refractivity contribution is 5.94. The third-order valence-corrected chi connectivity index (χ3v) is 1.82. The lowest BCUT2D eigenvalue weighted by Crippen LogP contribution is -2.13. The Labute approximate surface area is 87.5 Å². The Morgan fingerprint density at radius 3 is 2.73 bits per heavy atom. The summed E-state index contributed by atoms with van der Waals surface area (Å²) >= 11 is 0. The summed E-state index contributed by atoms with van der Waals surface area (Å²) in [5, 5.41) is 8.95. The van der Waals surface area contributed by atoms with Crippen LogP contribution >= 0.6 is 0 Å². The van der Waals surface area contributed by atoms with Crippen LogP contribution < -0.4 is 4.74 Å². The van der Waals surface area contributed by atoms with E-state index in [1.807, 2.05) is 0 Å². The van der Waals surface area contributed by atoms with Crippen LogP contribution in [0.1, 0.15) is 24.2 Å². The van der Waals surface area contributed by atoms with Crippen molar-refractivity contribution in [1.82, 2.24) is 0 Å². The Morgan fingerprint density at radius 2 is 2.27 bits per heavy atom. The molecule has 0 heterocycles. The van der Waals surface area contributed by atoms with Crippen LogP contribution in [0, 0.1) is 5.82 Å². The van der Waals surface area contributed by atoms with Gasteiger partial charge in [0.05, 0.1) is 6.10 Å². The maximum atomic E-state index is 13.3. The van der Waals surface area contributed by atoms with Gasteiger partial charge in [0.15, 0.2) is 17.3 Å². The summed E-state index contributed by atoms with van der Waals surface area (Å²) in [5.41, 5.74) is 0.303. The topological polar surface area (TPSA) is 46.5 Å². The largest absolute Gasteiger partial charge is 0.488 e. The molecule has 1 aromatic carbocycles. The molecule has 0 aliphatic heterocycles. The smallest absolute Gasteiger partial charge is 0.165 e. The summed E-state index contributed by atoms with van der Waals surface area (Å²) in [6.07, 6.45) is -0.656. The minimum Gasteiger partial charge on any atom is -0.488 e. The van der Waals surface area contributed by atoms with Crippen LogP contribution in [0.5, 0.6) is 5.75 Å². The highest BCUT2D eigenvalue weighted by atomic mass is 19.1. The molecule has 82 valence electrons. The fourth-order valence-corrected chi connectivity index (χ4v) is 1.05. The molecule has 1 atom stereocenters. The number of carbonyl (C=O) groups is 1. The van der Waals surface area contributed by atoms with Crippen molar-refractivity contribution < 1.29 is 19.0 Å². The Morgan fingerprint density at radius 1 is 1.60 bits per heavy atom. The summed E-state index contributed by atoms with van der Waals surface area (Å²) in [5.74, 6) is -0.750. The molecule has 0 aliphatic rings. The predicted molar refractivity (Wildman–Crippen MR) is 53.6 cm³/mol. The molecule has 0 spiro atoms. The molecule has 0 saturated carbocycles. The molecule has 1 rings (SSSR count). The van der Waals surface area contributed by atoms with E-state index in [-0.39, 0.29) is 18.1 Å². The first-order chi connectivity index (χ1) is 7.00. The highest BCUT2D eigenvalue weighted by Gasteiger charge is 2.08. The van der Waals surface area contributed by atoms with Crippen molar-refractivity contribution in [2.45, 2.75) is 20.0 Å². The second-order valence-corrected chi connectivity index (χ2v) is 3.36. The summed E-state index contributed by atoms with van der Waals surface area (Å²) < 4.78 is 18.3. The minimum absolute atomic E-state index is 0.0241. The molecule has 0 fully saturated rings. The van der Waals surface area contributed by atoms with Gasteiger partial charge in [-0.1, -0.05) is 0 Å². The van der Waals surface area contributed by atoms with Gasteiger partial charge in [-0.3, -0.25) is 4.79 Å². The van der Waals surface area contributed by atoms with E-state index in [0.717, 1.165) is 6.07 Å². The fourth-order valence-electron chi connectivity index (χ4n) is 1.05. The van der Waals surface area contributed by atoms with Crippen LogP contribution in [-0.2, 0) is 0 Å². The monoisotopic (exact) mass is 212 g/mol. The molecule has 15 heavy (non-hydrogen) atoms. The molecule has 1 aromatic rings. The maximum absolute atomic E-state index is 13.3. The molecule has 1 unspecified atom stereocenters. The van der Waals surface area contributed by atoms with E-state index < -0.39 is 11.9 Å². The number of benzene rings is 1. The molecule has 0 radical (unpaired) electrons. The lowest BCUT2D eigenvalue weighted by Gasteiger charge is -2.09. The average molecular weight is 212 g/mol. The van der Waals surface area contributed by atoms with Gasteiger partial charge in [0.2, 0.25) is 0 Å². The van der Waals surface area contributed by atoms with Gasteiger partial charge in [0, 0.05) is 5.56 Å². The van der Waals surface area contributed by atoms with Crippen LogP contribution in [-0.4, -0.2) is 23.6 Å². The first kappa shape index (κ1) is 11.7. The van der Waals surface area contributed by atoms with Gasteiger partial charge in [-0.15, -0.1) is 0 Å². The maximum Gasteiger partial charge on any atom is 0.165 e. The van der Waals surface area contributed by atoms with Crippen molar-refractivity contribution in [2.24, 2.45) is 0 Å². The van der Waals surface area contributed by atoms with Crippen molar-refractivity contribution in [3.63, 3.8) is 0 Å². The Kier molecular flexibility index (Phi) is 3.80. The van der Waals surface area contributed by atoms with Gasteiger partial charge in [-0.25, -0.2) is 4.39 Å². The SMILES string of the molecule is CC(=O)c1ccc(OCC(C)O)c(F)c1. The quantitative estimate of drug-likeness (QED) is 0.774. The zero-order chi connectivity index (χ0) is 11.4. The number of ketones is 1. The number of hydrogen-bond acceptors (Lipinski definition) is 3. The van der Waals surface area contributed by atoms with E-state index in [2.05, 4.69) is 0 Å². The molecule has 0 amide bonds. The number of aliphatic hydroxyl groups excluding tert-OH is 1. The van der Waals surface area contributed by atoms with E-state index in [0.29, 0.717) is 5.56 Å². The molecule has 0 aliphatic carbocycles. The summed E-state index contributed by atoms with van der Waals surface area (Å²) in [7, 11) is 0. The molecule has 0 bridgehead atoms. The fraction of sp³-hybridized carbons (Fsp3) is 0.364. The molecule has 0 aromatic heterocycles. The van der Waals surface area contributed by atoms with Crippen molar-refractivity contribution >= 4 is 5.78 Å². The molecular weight excluding hydrogens is 199 g/mol. The minimum atomic E-state index is -0.656. The van der Waals surface area contributed by atoms with Crippen LogP contribution in [0.4, 0.5) is 4.39 Å². The van der Waals surface area contributed by atoms with Crippen molar-refractivity contribution in [3.05, 3.63) is 29.6 Å². The van der Waals surface area contributed by atoms with Gasteiger partial charge < -0.3 is 9.84 Å². The van der Waals surface area contributed by atoms with E-state index in [1.54, 1.807) is 6.92 Å². The molecule has 1 N–H and O–H groups in total. The Bertz CT molecular complexity index is 361. The van der Waals surface area contributed by atoms with Gasteiger partial charge in [0.25, 0.3) is 0 Å². The summed E-state index contributed by atoms with van der Waals surface area (Å²) in [4.78, 5) is 10.9. The van der Waals surface area contributed by atoms with Crippen molar-refractivity contribution in [3.8, 4) is 5.75 Å². The van der Waals surface area contributed by atoms with Gasteiger partial charge >= 0.3 is 0 Å². The number of hydrogen-bond donors (Lipinski definition) is 1. The van der Waals surface area contributed by atoms with E-state index >= 15 is 0 Å². The number of aliphatic hydroxyl groups is 1. The third-order valence-electron chi connectivity index (χ3n) is 1.82. The van der Waals surface area contributed by atoms with Crippen molar-refractivity contribution in [2.75, 3.05) is 6.61 Å². The number of carbonyl (C=O) groups excluding carboxylic acids is 1. The number of Topliss-reactive ketones (excluding diaryl/α,β-unsaturated/α-hetero) is 1. The molecule has 3 nitrogen and oxygen atoms in total. The number of ether oxygens (including phenoxy) is 1. The zero-order valence-corrected chi connectivity index (χ0v) is 8.66. The van der Waals surface area contributed by atoms with Crippen LogP contribution in [0.15, 0.2) is 18.2 Å². The number of halogens is 1. The highest BCUT2D eigenvalue weighted by Crippen LogP contribution is 2.18. The molecule has 0 saturated heterocycles. The summed E-state index contributed by atoms with van der Waals surface area (Å²) in [6.45, 7) is 2.93. The van der Waals surface area contributed by atoms with Gasteiger partial charge in [-0.2, -0.15) is 0 Å². The standard InChI is InChI=1S/C11H13FO3/c1-7(13)6-15-11-4-3-9(8(2)14)5-10(11)12/h3-5,7,13H,6H2,1-2H3. The van der Waals surface area contributed by atoms with Crippen LogP contribution in [0.2, 0.25) is 0 Å². The first-order valence-electron chi connectivity index (χ1n) is 4.62. The lowest BCUT2D eigenvalue weighted by atomic mass is 10.1. The predicted octanol–water partition coefficient (Wildman–Crippen LogP) is 1.79. The van der Waals surface area contributed by atoms with Gasteiger partial charge in [0.1, 0.15) is 6.61 Å².